The van der Waals surface area contributed by atoms with E-state index in [1.807, 2.05) is 26.0 Å². The molecule has 5 nitrogen and oxygen atoms in total. The number of nitrogen functional groups attached to an aromatic ring is 1. The molecule has 1 aliphatic rings. The van der Waals surface area contributed by atoms with Crippen molar-refractivity contribution in [1.82, 2.24) is 4.98 Å². The predicted octanol–water partition coefficient (Wildman–Crippen LogP) is 2.82. The summed E-state index contributed by atoms with van der Waals surface area (Å²) < 4.78 is 11.4. The van der Waals surface area contributed by atoms with Crippen molar-refractivity contribution >= 4 is 11.5 Å². The molecule has 0 saturated heterocycles. The second-order valence-electron chi connectivity index (χ2n) is 5.46. The highest BCUT2D eigenvalue weighted by atomic mass is 16.5. The molecule has 2 rings (SSSR count). The molecule has 0 aromatic carbocycles. The van der Waals surface area contributed by atoms with Crippen LogP contribution in [0.2, 0.25) is 0 Å². The van der Waals surface area contributed by atoms with Gasteiger partial charge in [0.15, 0.2) is 0 Å². The Labute approximate surface area is 120 Å². The van der Waals surface area contributed by atoms with Gasteiger partial charge < -0.3 is 20.5 Å². The molecular formula is C15H25N3O2. The van der Waals surface area contributed by atoms with Crippen LogP contribution in [0.25, 0.3) is 0 Å². The maximum atomic E-state index is 5.84. The maximum absolute atomic E-state index is 5.84. The first-order chi connectivity index (χ1) is 9.65. The first kappa shape index (κ1) is 14.9. The van der Waals surface area contributed by atoms with E-state index >= 15 is 0 Å². The fraction of sp³-hybridized carbons (Fsp3) is 0.667. The first-order valence-corrected chi connectivity index (χ1v) is 7.44. The zero-order valence-electron chi connectivity index (χ0n) is 12.4. The van der Waals surface area contributed by atoms with Crippen LogP contribution in [0.1, 0.15) is 39.5 Å². The molecular weight excluding hydrogens is 254 g/mol. The second-order valence-corrected chi connectivity index (χ2v) is 5.46. The Kier molecular flexibility index (Phi) is 5.47. The highest BCUT2D eigenvalue weighted by Crippen LogP contribution is 2.22. The smallest absolute Gasteiger partial charge is 0.239 e. The molecule has 1 saturated carbocycles. The molecule has 0 amide bonds. The summed E-state index contributed by atoms with van der Waals surface area (Å²) in [6, 6.07) is 3.67. The predicted molar refractivity (Wildman–Crippen MR) is 81.1 cm³/mol. The number of nitrogens with two attached hydrogens (primary N) is 1. The number of nitrogens with zero attached hydrogens (tertiary/aromatic N) is 1. The van der Waals surface area contributed by atoms with Crippen LogP contribution < -0.4 is 15.8 Å². The van der Waals surface area contributed by atoms with E-state index in [4.69, 9.17) is 15.2 Å². The summed E-state index contributed by atoms with van der Waals surface area (Å²) in [5.41, 5.74) is 6.40. The molecule has 5 heteroatoms. The molecule has 1 aliphatic carbocycles. The summed E-state index contributed by atoms with van der Waals surface area (Å²) in [6.45, 7) is 5.36. The van der Waals surface area contributed by atoms with Crippen LogP contribution in [0.15, 0.2) is 12.1 Å². The fourth-order valence-corrected chi connectivity index (χ4v) is 2.33. The largest absolute Gasteiger partial charge is 0.473 e. The van der Waals surface area contributed by atoms with E-state index in [9.17, 15) is 0 Å². The van der Waals surface area contributed by atoms with Gasteiger partial charge in [-0.1, -0.05) is 12.8 Å². The number of hydrogen-bond donors (Lipinski definition) is 2. The third-order valence-corrected chi connectivity index (χ3v) is 3.30. The quantitative estimate of drug-likeness (QED) is 0.751. The lowest BCUT2D eigenvalue weighted by atomic mass is 10.3. The summed E-state index contributed by atoms with van der Waals surface area (Å²) in [4.78, 5) is 4.37. The topological polar surface area (TPSA) is 69.4 Å². The molecule has 1 aromatic heterocycles. The summed E-state index contributed by atoms with van der Waals surface area (Å²) in [5.74, 6) is 1.26. The Morgan fingerprint density at radius 3 is 2.80 bits per heavy atom. The number of aromatic nitrogens is 1. The van der Waals surface area contributed by atoms with E-state index in [2.05, 4.69) is 10.3 Å². The van der Waals surface area contributed by atoms with Crippen molar-refractivity contribution in [2.75, 3.05) is 24.2 Å². The van der Waals surface area contributed by atoms with E-state index < -0.39 is 0 Å². The zero-order valence-corrected chi connectivity index (χ0v) is 12.4. The van der Waals surface area contributed by atoms with Gasteiger partial charge in [-0.05, 0) is 38.8 Å². The number of anilines is 2. The van der Waals surface area contributed by atoms with Crippen molar-refractivity contribution in [2.24, 2.45) is 0 Å². The summed E-state index contributed by atoms with van der Waals surface area (Å²) in [5, 5.41) is 3.24. The normalized spacial score (nSPS) is 15.8. The van der Waals surface area contributed by atoms with Crippen LogP contribution >= 0.6 is 0 Å². The van der Waals surface area contributed by atoms with Crippen LogP contribution in [-0.2, 0) is 4.74 Å². The molecule has 1 aromatic rings. The lowest BCUT2D eigenvalue weighted by molar-refractivity contribution is 0.0658. The zero-order chi connectivity index (χ0) is 14.4. The van der Waals surface area contributed by atoms with Crippen LogP contribution in [0.4, 0.5) is 11.5 Å². The molecule has 0 spiro atoms. The van der Waals surface area contributed by atoms with Gasteiger partial charge in [0.25, 0.3) is 0 Å². The lowest BCUT2D eigenvalue weighted by Gasteiger charge is -2.14. The molecule has 1 heterocycles. The highest BCUT2D eigenvalue weighted by molar-refractivity contribution is 5.53. The van der Waals surface area contributed by atoms with E-state index in [0.29, 0.717) is 24.3 Å². The molecule has 0 aliphatic heterocycles. The molecule has 20 heavy (non-hydrogen) atoms. The Morgan fingerprint density at radius 2 is 2.10 bits per heavy atom. The number of nitrogens with one attached hydrogen (secondary N) is 1. The SMILES string of the molecule is CC(C)Oc1nc(NCCOC2CCCC2)ccc1N. The van der Waals surface area contributed by atoms with Crippen molar-refractivity contribution in [3.63, 3.8) is 0 Å². The standard InChI is InChI=1S/C15H25N3O2/c1-11(2)20-15-13(16)7-8-14(18-15)17-9-10-19-12-5-3-4-6-12/h7-8,11-12H,3-6,9-10,16H2,1-2H3,(H,17,18). The highest BCUT2D eigenvalue weighted by Gasteiger charge is 2.14. The van der Waals surface area contributed by atoms with Gasteiger partial charge in [0.1, 0.15) is 5.82 Å². The fourth-order valence-electron chi connectivity index (χ4n) is 2.33. The van der Waals surface area contributed by atoms with E-state index in [-0.39, 0.29) is 6.10 Å². The lowest BCUT2D eigenvalue weighted by Crippen LogP contribution is -2.16. The van der Waals surface area contributed by atoms with Crippen LogP contribution in [0.5, 0.6) is 5.88 Å². The minimum atomic E-state index is 0.0609. The maximum Gasteiger partial charge on any atom is 0.239 e. The monoisotopic (exact) mass is 279 g/mol. The molecule has 3 N–H and O–H groups in total. The molecule has 0 bridgehead atoms. The molecule has 112 valence electrons. The van der Waals surface area contributed by atoms with Gasteiger partial charge in [0.2, 0.25) is 5.88 Å². The number of hydrogen-bond acceptors (Lipinski definition) is 5. The Hall–Kier alpha value is -1.49. The van der Waals surface area contributed by atoms with Gasteiger partial charge in [-0.15, -0.1) is 0 Å². The van der Waals surface area contributed by atoms with Gasteiger partial charge in [-0.3, -0.25) is 0 Å². The van der Waals surface area contributed by atoms with E-state index in [1.54, 1.807) is 0 Å². The molecule has 1 fully saturated rings. The average Bonchev–Trinajstić information content (AvgIpc) is 2.91. The van der Waals surface area contributed by atoms with Gasteiger partial charge >= 0.3 is 0 Å². The van der Waals surface area contributed by atoms with Crippen LogP contribution in [0.3, 0.4) is 0 Å². The second kappa shape index (κ2) is 7.33. The summed E-state index contributed by atoms with van der Waals surface area (Å²) >= 11 is 0. The third-order valence-electron chi connectivity index (χ3n) is 3.30. The summed E-state index contributed by atoms with van der Waals surface area (Å²) in [7, 11) is 0. The third kappa shape index (κ3) is 4.56. The van der Waals surface area contributed by atoms with Crippen molar-refractivity contribution in [1.29, 1.82) is 0 Å². The molecule has 0 radical (unpaired) electrons. The molecule has 0 unspecified atom stereocenters. The first-order valence-electron chi connectivity index (χ1n) is 7.44. The minimum Gasteiger partial charge on any atom is -0.473 e. The van der Waals surface area contributed by atoms with Gasteiger partial charge in [0, 0.05) is 6.54 Å². The van der Waals surface area contributed by atoms with Crippen molar-refractivity contribution in [2.45, 2.75) is 51.7 Å². The Balaban J connectivity index is 1.77. The van der Waals surface area contributed by atoms with Gasteiger partial charge in [-0.25, -0.2) is 0 Å². The van der Waals surface area contributed by atoms with Crippen molar-refractivity contribution < 1.29 is 9.47 Å². The average molecular weight is 279 g/mol. The number of pyridine rings is 1. The Bertz CT molecular complexity index is 418. The van der Waals surface area contributed by atoms with Crippen LogP contribution in [-0.4, -0.2) is 30.3 Å². The van der Waals surface area contributed by atoms with Crippen molar-refractivity contribution in [3.05, 3.63) is 12.1 Å². The van der Waals surface area contributed by atoms with E-state index in [1.165, 1.54) is 25.7 Å². The van der Waals surface area contributed by atoms with E-state index in [0.717, 1.165) is 12.4 Å². The Morgan fingerprint density at radius 1 is 1.35 bits per heavy atom. The van der Waals surface area contributed by atoms with Gasteiger partial charge in [-0.2, -0.15) is 4.98 Å². The molecule has 0 atom stereocenters. The van der Waals surface area contributed by atoms with Gasteiger partial charge in [0.05, 0.1) is 24.5 Å². The number of rotatable bonds is 7. The number of ether oxygens (including phenoxy) is 2. The summed E-state index contributed by atoms with van der Waals surface area (Å²) in [6.07, 6.45) is 5.52. The van der Waals surface area contributed by atoms with Crippen LogP contribution in [0, 0.1) is 0 Å². The van der Waals surface area contributed by atoms with Crippen molar-refractivity contribution in [3.8, 4) is 5.88 Å². The minimum absolute atomic E-state index is 0.0609.